The molecule has 8 nitrogen and oxygen atoms in total. The molecule has 0 saturated carbocycles. The third-order valence-corrected chi connectivity index (χ3v) is 5.13. The molecule has 4 rings (SSSR count). The third kappa shape index (κ3) is 5.14. The molecule has 0 unspecified atom stereocenters. The first-order chi connectivity index (χ1) is 15.2. The Morgan fingerprint density at radius 1 is 0.871 bits per heavy atom. The first kappa shape index (κ1) is 20.3. The summed E-state index contributed by atoms with van der Waals surface area (Å²) >= 11 is 1.20. The topological polar surface area (TPSA) is 102 Å². The van der Waals surface area contributed by atoms with Gasteiger partial charge in [0.2, 0.25) is 5.91 Å². The van der Waals surface area contributed by atoms with Gasteiger partial charge in [-0.2, -0.15) is 0 Å². The molecule has 154 valence electrons. The SMILES string of the molecule is O=C(CSc1nnc(-c2ccncc2)n1-c1ccccc1)NC(=O)Nc1ccccc1. The number of urea groups is 1. The van der Waals surface area contributed by atoms with Crippen LogP contribution < -0.4 is 10.6 Å². The van der Waals surface area contributed by atoms with Crippen molar-refractivity contribution in [1.29, 1.82) is 0 Å². The van der Waals surface area contributed by atoms with Gasteiger partial charge in [-0.3, -0.25) is 19.7 Å². The van der Waals surface area contributed by atoms with Gasteiger partial charge in [-0.15, -0.1) is 10.2 Å². The van der Waals surface area contributed by atoms with Crippen LogP contribution >= 0.6 is 11.8 Å². The van der Waals surface area contributed by atoms with Gasteiger partial charge in [-0.05, 0) is 36.4 Å². The van der Waals surface area contributed by atoms with Gasteiger partial charge in [0.15, 0.2) is 11.0 Å². The highest BCUT2D eigenvalue weighted by Gasteiger charge is 2.18. The van der Waals surface area contributed by atoms with Crippen LogP contribution in [0.2, 0.25) is 0 Å². The minimum absolute atomic E-state index is 0.00349. The van der Waals surface area contributed by atoms with Gasteiger partial charge in [0, 0.05) is 29.3 Å². The zero-order valence-electron chi connectivity index (χ0n) is 16.3. The molecule has 0 aliphatic carbocycles. The average molecular weight is 430 g/mol. The molecule has 2 N–H and O–H groups in total. The van der Waals surface area contributed by atoms with Crippen LogP contribution in [-0.2, 0) is 4.79 Å². The molecule has 0 radical (unpaired) electrons. The highest BCUT2D eigenvalue weighted by atomic mass is 32.2. The van der Waals surface area contributed by atoms with Gasteiger partial charge in [0.1, 0.15) is 0 Å². The van der Waals surface area contributed by atoms with Gasteiger partial charge in [-0.1, -0.05) is 48.2 Å². The normalized spacial score (nSPS) is 10.5. The fourth-order valence-corrected chi connectivity index (χ4v) is 3.59. The Hall–Kier alpha value is -3.98. The van der Waals surface area contributed by atoms with E-state index in [4.69, 9.17) is 0 Å². The molecule has 2 aromatic carbocycles. The number of para-hydroxylation sites is 2. The predicted octanol–water partition coefficient (Wildman–Crippen LogP) is 3.77. The monoisotopic (exact) mass is 430 g/mol. The highest BCUT2D eigenvalue weighted by molar-refractivity contribution is 7.99. The Labute approximate surface area is 182 Å². The molecule has 0 spiro atoms. The Balaban J connectivity index is 1.48. The number of carbonyl (C=O) groups is 2. The van der Waals surface area contributed by atoms with Gasteiger partial charge in [-0.25, -0.2) is 4.79 Å². The number of imide groups is 1. The lowest BCUT2D eigenvalue weighted by atomic mass is 10.2. The lowest BCUT2D eigenvalue weighted by molar-refractivity contribution is -0.117. The Morgan fingerprint density at radius 3 is 2.26 bits per heavy atom. The van der Waals surface area contributed by atoms with E-state index in [0.717, 1.165) is 11.3 Å². The second-order valence-corrected chi connectivity index (χ2v) is 7.31. The first-order valence-electron chi connectivity index (χ1n) is 9.40. The van der Waals surface area contributed by atoms with E-state index >= 15 is 0 Å². The summed E-state index contributed by atoms with van der Waals surface area (Å²) in [6, 6.07) is 21.6. The maximum Gasteiger partial charge on any atom is 0.325 e. The second-order valence-electron chi connectivity index (χ2n) is 6.37. The molecule has 0 fully saturated rings. The summed E-state index contributed by atoms with van der Waals surface area (Å²) in [4.78, 5) is 28.3. The molecular weight excluding hydrogens is 412 g/mol. The summed E-state index contributed by atoms with van der Waals surface area (Å²) in [7, 11) is 0. The minimum Gasteiger partial charge on any atom is -0.308 e. The Bertz CT molecular complexity index is 1170. The molecule has 31 heavy (non-hydrogen) atoms. The Morgan fingerprint density at radius 2 is 1.55 bits per heavy atom. The number of benzene rings is 2. The molecule has 9 heteroatoms. The number of hydrogen-bond donors (Lipinski definition) is 2. The average Bonchev–Trinajstić information content (AvgIpc) is 3.23. The summed E-state index contributed by atoms with van der Waals surface area (Å²) in [6.07, 6.45) is 3.37. The number of pyridine rings is 1. The number of aromatic nitrogens is 4. The van der Waals surface area contributed by atoms with E-state index in [-0.39, 0.29) is 5.75 Å². The fraction of sp³-hybridized carbons (Fsp3) is 0.0455. The van der Waals surface area contributed by atoms with Crippen molar-refractivity contribution < 1.29 is 9.59 Å². The largest absolute Gasteiger partial charge is 0.325 e. The molecule has 0 aliphatic rings. The molecule has 4 aromatic rings. The van der Waals surface area contributed by atoms with Gasteiger partial charge in [0.25, 0.3) is 0 Å². The summed E-state index contributed by atoms with van der Waals surface area (Å²) in [6.45, 7) is 0. The summed E-state index contributed by atoms with van der Waals surface area (Å²) < 4.78 is 1.87. The van der Waals surface area contributed by atoms with Crippen LogP contribution in [0, 0.1) is 0 Å². The van der Waals surface area contributed by atoms with Crippen LogP contribution in [0.25, 0.3) is 17.1 Å². The van der Waals surface area contributed by atoms with E-state index in [9.17, 15) is 9.59 Å². The van der Waals surface area contributed by atoms with E-state index in [1.807, 2.05) is 53.1 Å². The van der Waals surface area contributed by atoms with Crippen molar-refractivity contribution in [2.45, 2.75) is 5.16 Å². The van der Waals surface area contributed by atoms with Crippen molar-refractivity contribution in [3.63, 3.8) is 0 Å². The van der Waals surface area contributed by atoms with E-state index in [0.29, 0.717) is 16.7 Å². The van der Waals surface area contributed by atoms with Crippen molar-refractivity contribution in [2.75, 3.05) is 11.1 Å². The standard InChI is InChI=1S/C22H18N6O2S/c29-19(25-21(30)24-17-7-3-1-4-8-17)15-31-22-27-26-20(16-11-13-23-14-12-16)28(22)18-9-5-2-6-10-18/h1-14H,15H2,(H2,24,25,29,30). The van der Waals surface area contributed by atoms with E-state index in [2.05, 4.69) is 25.8 Å². The molecule has 0 saturated heterocycles. The molecule has 0 bridgehead atoms. The smallest absolute Gasteiger partial charge is 0.308 e. The first-order valence-corrected chi connectivity index (χ1v) is 10.4. The number of nitrogens with one attached hydrogen (secondary N) is 2. The van der Waals surface area contributed by atoms with Crippen molar-refractivity contribution in [1.82, 2.24) is 25.1 Å². The molecule has 2 aromatic heterocycles. The number of thioether (sulfide) groups is 1. The maximum atomic E-state index is 12.3. The molecule has 3 amide bonds. The van der Waals surface area contributed by atoms with Gasteiger partial charge < -0.3 is 5.32 Å². The van der Waals surface area contributed by atoms with Crippen molar-refractivity contribution in [2.24, 2.45) is 0 Å². The lowest BCUT2D eigenvalue weighted by Crippen LogP contribution is -2.35. The lowest BCUT2D eigenvalue weighted by Gasteiger charge is -2.10. The van der Waals surface area contributed by atoms with Crippen LogP contribution in [0.1, 0.15) is 0 Å². The number of amides is 3. The van der Waals surface area contributed by atoms with Crippen molar-refractivity contribution >= 4 is 29.4 Å². The minimum atomic E-state index is -0.584. The fourth-order valence-electron chi connectivity index (χ4n) is 2.84. The number of anilines is 1. The highest BCUT2D eigenvalue weighted by Crippen LogP contribution is 2.27. The second kappa shape index (κ2) is 9.68. The molecule has 2 heterocycles. The van der Waals surface area contributed by atoms with Crippen LogP contribution in [-0.4, -0.2) is 37.4 Å². The van der Waals surface area contributed by atoms with E-state index in [1.54, 1.807) is 36.7 Å². The number of nitrogens with zero attached hydrogens (tertiary/aromatic N) is 4. The predicted molar refractivity (Wildman–Crippen MR) is 119 cm³/mol. The van der Waals surface area contributed by atoms with E-state index in [1.165, 1.54) is 11.8 Å². The zero-order valence-corrected chi connectivity index (χ0v) is 17.1. The summed E-state index contributed by atoms with van der Waals surface area (Å²) in [5.74, 6) is 0.202. The van der Waals surface area contributed by atoms with Crippen molar-refractivity contribution in [3.8, 4) is 17.1 Å². The number of hydrogen-bond acceptors (Lipinski definition) is 6. The van der Waals surface area contributed by atoms with Crippen LogP contribution in [0.15, 0.2) is 90.3 Å². The maximum absolute atomic E-state index is 12.3. The van der Waals surface area contributed by atoms with Gasteiger partial charge in [0.05, 0.1) is 5.75 Å². The zero-order chi connectivity index (χ0) is 21.5. The van der Waals surface area contributed by atoms with Crippen molar-refractivity contribution in [3.05, 3.63) is 85.2 Å². The third-order valence-electron chi connectivity index (χ3n) is 4.20. The quantitative estimate of drug-likeness (QED) is 0.452. The molecule has 0 aliphatic heterocycles. The van der Waals surface area contributed by atoms with Crippen LogP contribution in [0.3, 0.4) is 0 Å². The molecular formula is C22H18N6O2S. The number of carbonyl (C=O) groups excluding carboxylic acids is 2. The number of rotatable bonds is 6. The van der Waals surface area contributed by atoms with E-state index < -0.39 is 11.9 Å². The van der Waals surface area contributed by atoms with Gasteiger partial charge >= 0.3 is 6.03 Å². The molecule has 0 atom stereocenters. The summed E-state index contributed by atoms with van der Waals surface area (Å²) in [5.41, 5.74) is 2.32. The summed E-state index contributed by atoms with van der Waals surface area (Å²) in [5, 5.41) is 14.0. The Kier molecular flexibility index (Phi) is 6.34. The van der Waals surface area contributed by atoms with Crippen LogP contribution in [0.4, 0.5) is 10.5 Å². The van der Waals surface area contributed by atoms with Crippen LogP contribution in [0.5, 0.6) is 0 Å².